The predicted molar refractivity (Wildman–Crippen MR) is 78.6 cm³/mol. The van der Waals surface area contributed by atoms with Crippen LogP contribution in [0.3, 0.4) is 0 Å². The molecule has 0 aliphatic heterocycles. The second kappa shape index (κ2) is 6.14. The van der Waals surface area contributed by atoms with Gasteiger partial charge in [-0.1, -0.05) is 46.4 Å². The Bertz CT molecular complexity index is 650. The van der Waals surface area contributed by atoms with Gasteiger partial charge in [-0.3, -0.25) is 4.79 Å². The molecule has 0 radical (unpaired) electrons. The summed E-state index contributed by atoms with van der Waals surface area (Å²) >= 11 is 23.1. The van der Waals surface area contributed by atoms with Crippen LogP contribution in [0.4, 0.5) is 10.1 Å². The first-order chi connectivity index (χ1) is 9.36. The molecule has 2 rings (SSSR count). The van der Waals surface area contributed by atoms with E-state index in [9.17, 15) is 9.18 Å². The van der Waals surface area contributed by atoms with Crippen LogP contribution in [0.1, 0.15) is 10.4 Å². The van der Waals surface area contributed by atoms with Crippen molar-refractivity contribution in [3.8, 4) is 0 Å². The summed E-state index contributed by atoms with van der Waals surface area (Å²) in [7, 11) is 0. The second-order valence-corrected chi connectivity index (χ2v) is 5.29. The molecule has 104 valence electrons. The fourth-order valence-electron chi connectivity index (χ4n) is 1.44. The van der Waals surface area contributed by atoms with E-state index in [-0.39, 0.29) is 31.6 Å². The van der Waals surface area contributed by atoms with E-state index in [4.69, 9.17) is 46.4 Å². The van der Waals surface area contributed by atoms with Crippen molar-refractivity contribution < 1.29 is 9.18 Å². The van der Waals surface area contributed by atoms with Crippen LogP contribution >= 0.6 is 46.4 Å². The SMILES string of the molecule is O=C(Nc1c(Cl)cc(F)cc1Cl)c1cc(Cl)nc(Cl)c1. The molecule has 0 saturated carbocycles. The highest BCUT2D eigenvalue weighted by Gasteiger charge is 2.14. The van der Waals surface area contributed by atoms with E-state index >= 15 is 0 Å². The normalized spacial score (nSPS) is 10.4. The topological polar surface area (TPSA) is 42.0 Å². The first kappa shape index (κ1) is 15.3. The Morgan fingerprint density at radius 3 is 2.00 bits per heavy atom. The molecule has 20 heavy (non-hydrogen) atoms. The molecular weight excluding hydrogens is 349 g/mol. The number of amides is 1. The molecule has 8 heteroatoms. The van der Waals surface area contributed by atoms with Crippen LogP contribution in [0.15, 0.2) is 24.3 Å². The van der Waals surface area contributed by atoms with E-state index in [1.54, 1.807) is 0 Å². The van der Waals surface area contributed by atoms with E-state index in [0.29, 0.717) is 0 Å². The van der Waals surface area contributed by atoms with Crippen LogP contribution in [0.25, 0.3) is 0 Å². The van der Waals surface area contributed by atoms with Gasteiger partial charge in [0.2, 0.25) is 0 Å². The largest absolute Gasteiger partial charge is 0.319 e. The molecule has 1 heterocycles. The Labute approximate surface area is 133 Å². The Morgan fingerprint density at radius 1 is 1.00 bits per heavy atom. The zero-order valence-electron chi connectivity index (χ0n) is 9.55. The van der Waals surface area contributed by atoms with Crippen LogP contribution in [-0.2, 0) is 0 Å². The first-order valence-corrected chi connectivity index (χ1v) is 6.67. The minimum atomic E-state index is -0.604. The zero-order valence-corrected chi connectivity index (χ0v) is 12.6. The molecule has 0 aliphatic carbocycles. The van der Waals surface area contributed by atoms with E-state index in [1.807, 2.05) is 0 Å². The molecule has 1 aromatic heterocycles. The van der Waals surface area contributed by atoms with Crippen molar-refractivity contribution in [2.75, 3.05) is 5.32 Å². The fourth-order valence-corrected chi connectivity index (χ4v) is 2.46. The summed E-state index contributed by atoms with van der Waals surface area (Å²) in [4.78, 5) is 15.8. The smallest absolute Gasteiger partial charge is 0.255 e. The fraction of sp³-hybridized carbons (Fsp3) is 0. The number of carbonyl (C=O) groups is 1. The molecule has 0 bridgehead atoms. The number of hydrogen-bond donors (Lipinski definition) is 1. The number of halogens is 5. The summed E-state index contributed by atoms with van der Waals surface area (Å²) in [5.41, 5.74) is 0.273. The minimum Gasteiger partial charge on any atom is -0.319 e. The lowest BCUT2D eigenvalue weighted by Gasteiger charge is -2.09. The third kappa shape index (κ3) is 3.52. The molecule has 0 atom stereocenters. The summed E-state index contributed by atoms with van der Waals surface area (Å²) in [6.07, 6.45) is 0. The van der Waals surface area contributed by atoms with Gasteiger partial charge in [0.1, 0.15) is 16.1 Å². The number of hydrogen-bond acceptors (Lipinski definition) is 2. The molecule has 1 N–H and O–H groups in total. The van der Waals surface area contributed by atoms with Crippen LogP contribution in [-0.4, -0.2) is 10.9 Å². The lowest BCUT2D eigenvalue weighted by atomic mass is 10.2. The van der Waals surface area contributed by atoms with Gasteiger partial charge in [0.15, 0.2) is 0 Å². The van der Waals surface area contributed by atoms with Crippen molar-refractivity contribution in [3.63, 3.8) is 0 Å². The number of anilines is 1. The maximum atomic E-state index is 13.0. The average molecular weight is 354 g/mol. The van der Waals surface area contributed by atoms with Gasteiger partial charge in [-0.2, -0.15) is 0 Å². The van der Waals surface area contributed by atoms with Gasteiger partial charge in [0.25, 0.3) is 5.91 Å². The second-order valence-electron chi connectivity index (χ2n) is 3.70. The summed E-state index contributed by atoms with van der Waals surface area (Å²) in [6.45, 7) is 0. The van der Waals surface area contributed by atoms with Crippen molar-refractivity contribution >= 4 is 58.0 Å². The van der Waals surface area contributed by atoms with E-state index < -0.39 is 11.7 Å². The van der Waals surface area contributed by atoms with Crippen molar-refractivity contribution in [3.05, 3.63) is 56.0 Å². The third-order valence-electron chi connectivity index (χ3n) is 2.27. The van der Waals surface area contributed by atoms with Crippen molar-refractivity contribution in [2.45, 2.75) is 0 Å². The zero-order chi connectivity index (χ0) is 14.9. The molecule has 1 amide bonds. The average Bonchev–Trinajstić information content (AvgIpc) is 2.32. The number of carbonyl (C=O) groups excluding carboxylic acids is 1. The summed E-state index contributed by atoms with van der Waals surface area (Å²) in [5.74, 6) is -1.15. The number of nitrogens with zero attached hydrogens (tertiary/aromatic N) is 1. The van der Waals surface area contributed by atoms with Gasteiger partial charge in [-0.15, -0.1) is 0 Å². The van der Waals surface area contributed by atoms with E-state index in [0.717, 1.165) is 12.1 Å². The Hall–Kier alpha value is -1.07. The highest BCUT2D eigenvalue weighted by molar-refractivity contribution is 6.40. The number of aromatic nitrogens is 1. The standard InChI is InChI=1S/C12H5Cl4FN2O/c13-7-3-6(17)4-8(14)11(7)19-12(20)5-1-9(15)18-10(16)2-5/h1-4H,(H,19,20). The molecule has 0 aliphatic rings. The molecule has 0 spiro atoms. The molecule has 2 aromatic rings. The molecule has 0 unspecified atom stereocenters. The van der Waals surface area contributed by atoms with Gasteiger partial charge in [0.05, 0.1) is 15.7 Å². The van der Waals surface area contributed by atoms with Gasteiger partial charge in [-0.05, 0) is 24.3 Å². The Balaban J connectivity index is 2.32. The first-order valence-electron chi connectivity index (χ1n) is 5.16. The predicted octanol–water partition coefficient (Wildman–Crippen LogP) is 5.09. The van der Waals surface area contributed by atoms with Gasteiger partial charge in [0, 0.05) is 5.56 Å². The lowest BCUT2D eigenvalue weighted by Crippen LogP contribution is -2.13. The lowest BCUT2D eigenvalue weighted by molar-refractivity contribution is 0.102. The summed E-state index contributed by atoms with van der Waals surface area (Å²) < 4.78 is 13.0. The van der Waals surface area contributed by atoms with Gasteiger partial charge in [-0.25, -0.2) is 9.37 Å². The molecule has 1 aromatic carbocycles. The highest BCUT2D eigenvalue weighted by atomic mass is 35.5. The summed E-state index contributed by atoms with van der Waals surface area (Å²) in [5, 5.41) is 2.56. The van der Waals surface area contributed by atoms with Crippen LogP contribution in [0.5, 0.6) is 0 Å². The monoisotopic (exact) mass is 352 g/mol. The van der Waals surface area contributed by atoms with Crippen molar-refractivity contribution in [2.24, 2.45) is 0 Å². The number of pyridine rings is 1. The van der Waals surface area contributed by atoms with E-state index in [2.05, 4.69) is 10.3 Å². The minimum absolute atomic E-state index is 0.0189. The van der Waals surface area contributed by atoms with Gasteiger partial charge < -0.3 is 5.32 Å². The van der Waals surface area contributed by atoms with Crippen LogP contribution in [0, 0.1) is 5.82 Å². The molecule has 0 fully saturated rings. The third-order valence-corrected chi connectivity index (χ3v) is 3.25. The summed E-state index contributed by atoms with van der Waals surface area (Å²) in [6, 6.07) is 4.73. The Kier molecular flexibility index (Phi) is 4.70. The van der Waals surface area contributed by atoms with Gasteiger partial charge >= 0.3 is 0 Å². The molecular formula is C12H5Cl4FN2O. The maximum absolute atomic E-state index is 13.0. The number of rotatable bonds is 2. The molecule has 0 saturated heterocycles. The van der Waals surface area contributed by atoms with Crippen LogP contribution < -0.4 is 5.32 Å². The van der Waals surface area contributed by atoms with Crippen LogP contribution in [0.2, 0.25) is 20.4 Å². The maximum Gasteiger partial charge on any atom is 0.255 e. The van der Waals surface area contributed by atoms with Crippen molar-refractivity contribution in [1.82, 2.24) is 4.98 Å². The number of benzene rings is 1. The molecule has 3 nitrogen and oxygen atoms in total. The quantitative estimate of drug-likeness (QED) is 0.764. The Morgan fingerprint density at radius 2 is 1.50 bits per heavy atom. The van der Waals surface area contributed by atoms with Crippen molar-refractivity contribution in [1.29, 1.82) is 0 Å². The highest BCUT2D eigenvalue weighted by Crippen LogP contribution is 2.31. The van der Waals surface area contributed by atoms with E-state index in [1.165, 1.54) is 12.1 Å². The number of nitrogens with one attached hydrogen (secondary N) is 1.